The maximum Gasteiger partial charge on any atom is 0.0433 e. The number of allylic oxidation sites excluding steroid dienone is 2. The third-order valence-corrected chi connectivity index (χ3v) is 9.42. The molecule has 250 valence electrons. The molecule has 0 aromatic heterocycles. The van der Waals surface area contributed by atoms with E-state index in [2.05, 4.69) is 207 Å². The number of rotatable bonds is 13. The lowest BCUT2D eigenvalue weighted by Gasteiger charge is -2.26. The molecule has 6 rings (SSSR count). The van der Waals surface area contributed by atoms with Gasteiger partial charge < -0.3 is 9.80 Å². The van der Waals surface area contributed by atoms with E-state index in [9.17, 15) is 0 Å². The third kappa shape index (κ3) is 8.70. The molecule has 2 nitrogen and oxygen atoms in total. The summed E-state index contributed by atoms with van der Waals surface area (Å²) in [6.07, 6.45) is 4.61. The van der Waals surface area contributed by atoms with Crippen LogP contribution < -0.4 is 9.80 Å². The Bertz CT molecular complexity index is 1890. The summed E-state index contributed by atoms with van der Waals surface area (Å²) in [5.41, 5.74) is 14.8. The van der Waals surface area contributed by atoms with Crippen LogP contribution in [-0.2, 0) is 13.1 Å². The molecule has 0 unspecified atom stereocenters. The predicted octanol–water partition coefficient (Wildman–Crippen LogP) is 11.9. The van der Waals surface area contributed by atoms with Crippen molar-refractivity contribution in [2.75, 3.05) is 22.9 Å². The van der Waals surface area contributed by atoms with Crippen molar-refractivity contribution in [3.8, 4) is 0 Å². The molecule has 6 aromatic rings. The van der Waals surface area contributed by atoms with E-state index in [0.29, 0.717) is 0 Å². The number of anilines is 2. The highest BCUT2D eigenvalue weighted by Crippen LogP contribution is 2.31. The van der Waals surface area contributed by atoms with Crippen LogP contribution >= 0.6 is 0 Å². The molecule has 0 radical (unpaired) electrons. The summed E-state index contributed by atoms with van der Waals surface area (Å²) in [6.45, 7) is 12.4. The number of aryl methyl sites for hydroxylation is 2. The quantitative estimate of drug-likeness (QED) is 0.115. The summed E-state index contributed by atoms with van der Waals surface area (Å²) in [4.78, 5) is 4.85. The molecular formula is C48H48N2. The van der Waals surface area contributed by atoms with Crippen molar-refractivity contribution in [3.63, 3.8) is 0 Å². The predicted molar refractivity (Wildman–Crippen MR) is 216 cm³/mol. The Kier molecular flexibility index (Phi) is 11.4. The monoisotopic (exact) mass is 652 g/mol. The molecule has 0 aliphatic heterocycles. The molecule has 0 saturated carbocycles. The fourth-order valence-electron chi connectivity index (χ4n) is 6.49. The van der Waals surface area contributed by atoms with Crippen LogP contribution in [0.3, 0.4) is 0 Å². The maximum atomic E-state index is 2.46. The third-order valence-electron chi connectivity index (χ3n) is 9.42. The zero-order valence-electron chi connectivity index (χ0n) is 29.9. The number of hydrogen-bond acceptors (Lipinski definition) is 2. The summed E-state index contributed by atoms with van der Waals surface area (Å²) in [5, 5.41) is 0. The number of hydrogen-bond donors (Lipinski definition) is 0. The van der Waals surface area contributed by atoms with Gasteiger partial charge in [-0.15, -0.1) is 0 Å². The smallest absolute Gasteiger partial charge is 0.0433 e. The molecule has 50 heavy (non-hydrogen) atoms. The van der Waals surface area contributed by atoms with Crippen LogP contribution in [0.1, 0.15) is 58.4 Å². The van der Waals surface area contributed by atoms with Crippen molar-refractivity contribution in [1.29, 1.82) is 0 Å². The first-order chi connectivity index (χ1) is 24.5. The summed E-state index contributed by atoms with van der Waals surface area (Å²) in [7, 11) is 0. The summed E-state index contributed by atoms with van der Waals surface area (Å²) in [6, 6.07) is 57.4. The van der Waals surface area contributed by atoms with Gasteiger partial charge in [-0.25, -0.2) is 0 Å². The molecule has 0 fully saturated rings. The van der Waals surface area contributed by atoms with Gasteiger partial charge in [0.2, 0.25) is 0 Å². The van der Waals surface area contributed by atoms with Crippen LogP contribution in [0, 0.1) is 13.8 Å². The van der Waals surface area contributed by atoms with Crippen LogP contribution in [0.15, 0.2) is 170 Å². The first kappa shape index (κ1) is 34.3. The normalized spacial score (nSPS) is 11.2. The van der Waals surface area contributed by atoms with Crippen molar-refractivity contribution in [1.82, 2.24) is 0 Å². The minimum absolute atomic E-state index is 0.837. The van der Waals surface area contributed by atoms with E-state index in [1.165, 1.54) is 67.0 Å². The second kappa shape index (κ2) is 16.7. The molecule has 0 aliphatic carbocycles. The first-order valence-electron chi connectivity index (χ1n) is 17.9. The van der Waals surface area contributed by atoms with E-state index in [0.717, 1.165) is 26.2 Å². The highest BCUT2D eigenvalue weighted by atomic mass is 15.1. The van der Waals surface area contributed by atoms with Gasteiger partial charge >= 0.3 is 0 Å². The van der Waals surface area contributed by atoms with Crippen LogP contribution in [0.4, 0.5) is 11.4 Å². The van der Waals surface area contributed by atoms with Gasteiger partial charge in [0, 0.05) is 37.6 Å². The molecule has 0 heterocycles. The van der Waals surface area contributed by atoms with Gasteiger partial charge in [-0.1, -0.05) is 157 Å². The largest absolute Gasteiger partial charge is 0.372 e. The Morgan fingerprint density at radius 1 is 0.400 bits per heavy atom. The van der Waals surface area contributed by atoms with E-state index in [-0.39, 0.29) is 0 Å². The Morgan fingerprint density at radius 2 is 0.720 bits per heavy atom. The van der Waals surface area contributed by atoms with Crippen molar-refractivity contribution >= 4 is 22.5 Å². The lowest BCUT2D eigenvalue weighted by Crippen LogP contribution is -2.22. The average Bonchev–Trinajstić information content (AvgIpc) is 3.16. The zero-order valence-corrected chi connectivity index (χ0v) is 29.9. The second-order valence-electron chi connectivity index (χ2n) is 13.0. The number of nitrogens with zero attached hydrogens (tertiary/aromatic N) is 2. The van der Waals surface area contributed by atoms with Gasteiger partial charge in [0.25, 0.3) is 0 Å². The Hall–Kier alpha value is -5.60. The van der Waals surface area contributed by atoms with Crippen molar-refractivity contribution < 1.29 is 0 Å². The minimum atomic E-state index is 0.837. The van der Waals surface area contributed by atoms with Gasteiger partial charge in [0.15, 0.2) is 0 Å². The van der Waals surface area contributed by atoms with Gasteiger partial charge in [-0.2, -0.15) is 0 Å². The molecule has 0 spiro atoms. The fraction of sp³-hybridized carbons (Fsp3) is 0.167. The molecule has 0 bridgehead atoms. The van der Waals surface area contributed by atoms with Crippen LogP contribution in [0.5, 0.6) is 0 Å². The molecule has 0 amide bonds. The molecule has 0 atom stereocenters. The maximum absolute atomic E-state index is 2.46. The SMILES string of the molecule is CCN(CC)c1ccc(C(=CC=C(c2ccc(C)cc2)c2ccc(C)cc2)c2ccc(N(Cc3ccccc3)Cc3ccccc3)cc2)cc1. The molecule has 0 aliphatic rings. The van der Waals surface area contributed by atoms with Gasteiger partial charge in [-0.05, 0) is 96.5 Å². The summed E-state index contributed by atoms with van der Waals surface area (Å²) < 4.78 is 0. The van der Waals surface area contributed by atoms with Gasteiger partial charge in [0.05, 0.1) is 0 Å². The van der Waals surface area contributed by atoms with Crippen molar-refractivity contribution in [2.45, 2.75) is 40.8 Å². The first-order valence-corrected chi connectivity index (χ1v) is 17.9. The number of benzene rings is 6. The van der Waals surface area contributed by atoms with E-state index >= 15 is 0 Å². The topological polar surface area (TPSA) is 6.48 Å². The highest BCUT2D eigenvalue weighted by molar-refractivity contribution is 5.87. The minimum Gasteiger partial charge on any atom is -0.372 e. The van der Waals surface area contributed by atoms with Crippen LogP contribution in [0.2, 0.25) is 0 Å². The van der Waals surface area contributed by atoms with E-state index in [1.54, 1.807) is 0 Å². The van der Waals surface area contributed by atoms with E-state index in [1.807, 2.05) is 0 Å². The molecule has 0 N–H and O–H groups in total. The Balaban J connectivity index is 1.42. The average molecular weight is 653 g/mol. The van der Waals surface area contributed by atoms with Gasteiger partial charge in [0.1, 0.15) is 0 Å². The van der Waals surface area contributed by atoms with E-state index < -0.39 is 0 Å². The summed E-state index contributed by atoms with van der Waals surface area (Å²) in [5.74, 6) is 0. The molecule has 6 aromatic carbocycles. The lowest BCUT2D eigenvalue weighted by atomic mass is 9.93. The standard InChI is InChI=1S/C48H48N2/c1-5-49(6-2)45-29-25-43(26-30-45)48(34-33-47(41-21-17-37(3)18-22-41)42-23-19-38(4)20-24-42)44-27-31-46(32-28-44)50(35-39-13-9-7-10-14-39)36-40-15-11-8-12-16-40/h7-34H,5-6,35-36H2,1-4H3. The second-order valence-corrected chi connectivity index (χ2v) is 13.0. The highest BCUT2D eigenvalue weighted by Gasteiger charge is 2.13. The Labute approximate surface area is 299 Å². The lowest BCUT2D eigenvalue weighted by molar-refractivity contribution is 0.800. The van der Waals surface area contributed by atoms with Crippen LogP contribution in [-0.4, -0.2) is 13.1 Å². The molecule has 0 saturated heterocycles. The Morgan fingerprint density at radius 3 is 1.06 bits per heavy atom. The van der Waals surface area contributed by atoms with Crippen LogP contribution in [0.25, 0.3) is 11.1 Å². The zero-order chi connectivity index (χ0) is 34.7. The van der Waals surface area contributed by atoms with Crippen molar-refractivity contribution in [2.24, 2.45) is 0 Å². The van der Waals surface area contributed by atoms with Crippen molar-refractivity contribution in [3.05, 3.63) is 214 Å². The molecular weight excluding hydrogens is 605 g/mol. The summed E-state index contributed by atoms with van der Waals surface area (Å²) >= 11 is 0. The van der Waals surface area contributed by atoms with Gasteiger partial charge in [-0.3, -0.25) is 0 Å². The molecule has 2 heteroatoms. The van der Waals surface area contributed by atoms with E-state index in [4.69, 9.17) is 0 Å². The fourth-order valence-corrected chi connectivity index (χ4v) is 6.49.